The predicted molar refractivity (Wildman–Crippen MR) is 96.8 cm³/mol. The van der Waals surface area contributed by atoms with E-state index in [0.29, 0.717) is 17.1 Å². The van der Waals surface area contributed by atoms with Crippen LogP contribution in [0.3, 0.4) is 0 Å². The number of benzene rings is 1. The summed E-state index contributed by atoms with van der Waals surface area (Å²) in [6.07, 6.45) is 4.07. The van der Waals surface area contributed by atoms with Gasteiger partial charge in [-0.25, -0.2) is 9.97 Å². The Labute approximate surface area is 153 Å². The number of H-pyrrole nitrogens is 1. The van der Waals surface area contributed by atoms with E-state index >= 15 is 0 Å². The van der Waals surface area contributed by atoms with Crippen molar-refractivity contribution in [1.29, 1.82) is 0 Å². The van der Waals surface area contributed by atoms with Gasteiger partial charge in [0.1, 0.15) is 22.8 Å². The second-order valence-corrected chi connectivity index (χ2v) is 7.08. The monoisotopic (exact) mass is 368 g/mol. The van der Waals surface area contributed by atoms with Crippen molar-refractivity contribution < 1.29 is 14.4 Å². The highest BCUT2D eigenvalue weighted by Gasteiger charge is 2.52. The van der Waals surface area contributed by atoms with E-state index in [2.05, 4.69) is 15.0 Å². The molecule has 1 saturated heterocycles. The van der Waals surface area contributed by atoms with E-state index in [1.165, 1.54) is 16.2 Å². The normalized spacial score (nSPS) is 20.3. The number of thiazole rings is 1. The maximum absolute atomic E-state index is 12.8. The van der Waals surface area contributed by atoms with Crippen molar-refractivity contribution in [3.8, 4) is 0 Å². The number of rotatable bonds is 5. The molecule has 3 heterocycles. The number of Topliss-reactive ketones (excluding diaryl/α,β-unsaturated/α-hetero) is 2. The summed E-state index contributed by atoms with van der Waals surface area (Å²) in [6.45, 7) is 1.88. The number of anilines is 1. The molecule has 2 unspecified atom stereocenters. The molecule has 0 bridgehead atoms. The maximum Gasteiger partial charge on any atom is 0.295 e. The van der Waals surface area contributed by atoms with Gasteiger partial charge in [0.15, 0.2) is 0 Å². The maximum atomic E-state index is 12.8. The Morgan fingerprint density at radius 1 is 1.31 bits per heavy atom. The first-order chi connectivity index (χ1) is 12.6. The number of carbonyl (C=O) groups is 3. The molecular formula is C18H16N4O3S. The number of carbonyl (C=O) groups excluding carboxylic acids is 3. The van der Waals surface area contributed by atoms with Crippen LogP contribution < -0.4 is 4.90 Å². The van der Waals surface area contributed by atoms with Crippen LogP contribution in [0.1, 0.15) is 30.8 Å². The number of amides is 1. The molecule has 0 spiro atoms. The van der Waals surface area contributed by atoms with E-state index in [0.717, 1.165) is 11.0 Å². The number of imidazole rings is 1. The summed E-state index contributed by atoms with van der Waals surface area (Å²) >= 11 is 1.34. The van der Waals surface area contributed by atoms with Crippen molar-refractivity contribution in [2.75, 3.05) is 4.90 Å². The van der Waals surface area contributed by atoms with E-state index < -0.39 is 23.7 Å². The average Bonchev–Trinajstić information content (AvgIpc) is 3.35. The lowest BCUT2D eigenvalue weighted by Crippen LogP contribution is -2.30. The largest absolute Gasteiger partial charge is 0.345 e. The molecule has 7 nitrogen and oxygen atoms in total. The number of hydrogen-bond donors (Lipinski definition) is 1. The second-order valence-electron chi connectivity index (χ2n) is 6.15. The fourth-order valence-corrected chi connectivity index (χ4v) is 4.14. The summed E-state index contributed by atoms with van der Waals surface area (Å²) in [4.78, 5) is 50.9. The summed E-state index contributed by atoms with van der Waals surface area (Å²) in [6, 6.07) is 4.58. The van der Waals surface area contributed by atoms with Gasteiger partial charge >= 0.3 is 0 Å². The molecule has 26 heavy (non-hydrogen) atoms. The number of nitrogens with one attached hydrogen (secondary N) is 1. The van der Waals surface area contributed by atoms with Crippen LogP contribution in [0.4, 0.5) is 5.69 Å². The van der Waals surface area contributed by atoms with Crippen LogP contribution in [0.25, 0.3) is 11.0 Å². The average molecular weight is 368 g/mol. The first kappa shape index (κ1) is 16.6. The van der Waals surface area contributed by atoms with Crippen molar-refractivity contribution in [3.63, 3.8) is 0 Å². The van der Waals surface area contributed by atoms with E-state index in [4.69, 9.17) is 0 Å². The van der Waals surface area contributed by atoms with Crippen molar-refractivity contribution >= 4 is 45.5 Å². The molecule has 1 aliphatic heterocycles. The van der Waals surface area contributed by atoms with Crippen LogP contribution in [0.5, 0.6) is 0 Å². The molecule has 3 aromatic rings. The minimum absolute atomic E-state index is 0.212. The molecule has 0 radical (unpaired) electrons. The number of aromatic nitrogens is 3. The number of hydrogen-bond acceptors (Lipinski definition) is 6. The molecule has 0 aliphatic carbocycles. The highest BCUT2D eigenvalue weighted by molar-refractivity contribution is 7.09. The Hall–Kier alpha value is -2.87. The van der Waals surface area contributed by atoms with Crippen LogP contribution in [-0.4, -0.2) is 32.4 Å². The number of ketones is 2. The number of nitrogens with zero attached hydrogens (tertiary/aromatic N) is 3. The zero-order valence-corrected chi connectivity index (χ0v) is 14.8. The summed E-state index contributed by atoms with van der Waals surface area (Å²) < 4.78 is 0. The SMILES string of the molecule is CCCC(=O)C1C(=O)C(=O)N(c2ccc3nc[nH]c3c2)C1c1nccs1. The summed E-state index contributed by atoms with van der Waals surface area (Å²) in [7, 11) is 0. The van der Waals surface area contributed by atoms with Gasteiger partial charge in [0.25, 0.3) is 5.91 Å². The smallest absolute Gasteiger partial charge is 0.295 e. The van der Waals surface area contributed by atoms with Gasteiger partial charge in [-0.05, 0) is 24.6 Å². The topological polar surface area (TPSA) is 96.0 Å². The van der Waals surface area contributed by atoms with Crippen molar-refractivity contribution in [2.24, 2.45) is 5.92 Å². The minimum atomic E-state index is -1.01. The van der Waals surface area contributed by atoms with Crippen LogP contribution in [0, 0.1) is 5.92 Å². The van der Waals surface area contributed by atoms with Crippen molar-refractivity contribution in [1.82, 2.24) is 15.0 Å². The Balaban J connectivity index is 1.84. The summed E-state index contributed by atoms with van der Waals surface area (Å²) in [5, 5.41) is 2.36. The fraction of sp³-hybridized carbons (Fsp3) is 0.278. The lowest BCUT2D eigenvalue weighted by atomic mass is 9.92. The summed E-state index contributed by atoms with van der Waals surface area (Å²) in [5.74, 6) is -2.55. The van der Waals surface area contributed by atoms with Gasteiger partial charge in [0.05, 0.1) is 17.4 Å². The van der Waals surface area contributed by atoms with Crippen LogP contribution in [0.15, 0.2) is 36.1 Å². The fourth-order valence-electron chi connectivity index (χ4n) is 3.38. The second kappa shape index (κ2) is 6.45. The third-order valence-corrected chi connectivity index (χ3v) is 5.38. The van der Waals surface area contributed by atoms with Crippen molar-refractivity contribution in [2.45, 2.75) is 25.8 Å². The number of aromatic amines is 1. The molecule has 0 saturated carbocycles. The summed E-state index contributed by atoms with van der Waals surface area (Å²) in [5.41, 5.74) is 2.06. The first-order valence-corrected chi connectivity index (χ1v) is 9.22. The molecule has 4 rings (SSSR count). The van der Waals surface area contributed by atoms with Gasteiger partial charge in [-0.3, -0.25) is 19.3 Å². The van der Waals surface area contributed by atoms with E-state index in [1.54, 1.807) is 36.1 Å². The van der Waals surface area contributed by atoms with E-state index in [9.17, 15) is 14.4 Å². The molecule has 1 aromatic carbocycles. The van der Waals surface area contributed by atoms with E-state index in [1.807, 2.05) is 6.92 Å². The van der Waals surface area contributed by atoms with Gasteiger partial charge in [0.2, 0.25) is 5.78 Å². The Morgan fingerprint density at radius 3 is 2.88 bits per heavy atom. The Kier molecular flexibility index (Phi) is 4.12. The quantitative estimate of drug-likeness (QED) is 0.552. The molecule has 1 fully saturated rings. The van der Waals surface area contributed by atoms with E-state index in [-0.39, 0.29) is 12.2 Å². The third-order valence-electron chi connectivity index (χ3n) is 4.54. The Morgan fingerprint density at radius 2 is 2.15 bits per heavy atom. The molecule has 2 aromatic heterocycles. The van der Waals surface area contributed by atoms with Crippen LogP contribution in [0.2, 0.25) is 0 Å². The minimum Gasteiger partial charge on any atom is -0.345 e. The first-order valence-electron chi connectivity index (χ1n) is 8.34. The third kappa shape index (κ3) is 2.53. The molecule has 1 N–H and O–H groups in total. The Bertz CT molecular complexity index is 995. The molecule has 2 atom stereocenters. The predicted octanol–water partition coefficient (Wildman–Crippen LogP) is 2.66. The van der Waals surface area contributed by atoms with Gasteiger partial charge in [-0.15, -0.1) is 11.3 Å². The highest BCUT2D eigenvalue weighted by atomic mass is 32.1. The van der Waals surface area contributed by atoms with Crippen LogP contribution in [-0.2, 0) is 14.4 Å². The lowest BCUT2D eigenvalue weighted by Gasteiger charge is -2.25. The highest BCUT2D eigenvalue weighted by Crippen LogP contribution is 2.41. The molecular weight excluding hydrogens is 352 g/mol. The van der Waals surface area contributed by atoms with Crippen molar-refractivity contribution in [3.05, 3.63) is 41.1 Å². The lowest BCUT2D eigenvalue weighted by molar-refractivity contribution is -0.139. The standard InChI is InChI=1S/C18H16N4O3S/c1-2-3-13(23)14-15(17-19-6-7-26-17)22(18(25)16(14)24)10-4-5-11-12(8-10)21-9-20-11/h4-9,14-15H,2-3H2,1H3,(H,20,21). The zero-order chi connectivity index (χ0) is 18.3. The zero-order valence-electron chi connectivity index (χ0n) is 14.0. The molecule has 1 amide bonds. The molecule has 8 heteroatoms. The molecule has 132 valence electrons. The van der Waals surface area contributed by atoms with Gasteiger partial charge in [-0.2, -0.15) is 0 Å². The van der Waals surface area contributed by atoms with Gasteiger partial charge in [-0.1, -0.05) is 6.92 Å². The van der Waals surface area contributed by atoms with Gasteiger partial charge < -0.3 is 4.98 Å². The number of fused-ring (bicyclic) bond motifs is 1. The van der Waals surface area contributed by atoms with Crippen LogP contribution >= 0.6 is 11.3 Å². The molecule has 1 aliphatic rings. The van der Waals surface area contributed by atoms with Gasteiger partial charge in [0, 0.05) is 23.7 Å².